The summed E-state index contributed by atoms with van der Waals surface area (Å²) in [6, 6.07) is 1.77. The number of oxime groups is 1. The number of hydrogen-bond donors (Lipinski definition) is 3. The van der Waals surface area contributed by atoms with Gasteiger partial charge < -0.3 is 20.9 Å². The van der Waals surface area contributed by atoms with Crippen molar-refractivity contribution in [2.24, 2.45) is 10.9 Å². The van der Waals surface area contributed by atoms with E-state index in [-0.39, 0.29) is 29.7 Å². The van der Waals surface area contributed by atoms with Crippen LogP contribution in [0, 0.1) is 11.6 Å². The van der Waals surface area contributed by atoms with Crippen LogP contribution in [-0.2, 0) is 0 Å². The molecule has 0 radical (unpaired) electrons. The molecule has 5 nitrogen and oxygen atoms in total. The Morgan fingerprint density at radius 1 is 1.29 bits per heavy atom. The van der Waals surface area contributed by atoms with Crippen LogP contribution >= 0.6 is 0 Å². The van der Waals surface area contributed by atoms with Crippen molar-refractivity contribution in [1.29, 1.82) is 0 Å². The standard InChI is InChI=1S/C14H19F2N3O2/c15-11-6-9(14(17)18-21)7-12(16)13(11)19-5-3-1-2-4-10(19)8-20/h6-7,10,20-21H,1-5,8H2,(H2,17,18). The molecule has 1 aliphatic rings. The normalized spacial score (nSPS) is 20.4. The summed E-state index contributed by atoms with van der Waals surface area (Å²) in [6.45, 7) is 0.336. The maximum absolute atomic E-state index is 14.3. The molecule has 1 fully saturated rings. The summed E-state index contributed by atoms with van der Waals surface area (Å²) in [4.78, 5) is 1.58. The first-order valence-electron chi connectivity index (χ1n) is 6.93. The van der Waals surface area contributed by atoms with Gasteiger partial charge in [0, 0.05) is 12.1 Å². The molecular formula is C14H19F2N3O2. The first kappa shape index (κ1) is 15.5. The first-order valence-corrected chi connectivity index (χ1v) is 6.93. The minimum absolute atomic E-state index is 0.0216. The smallest absolute Gasteiger partial charge is 0.170 e. The molecule has 0 aromatic heterocycles. The van der Waals surface area contributed by atoms with E-state index in [9.17, 15) is 13.9 Å². The summed E-state index contributed by atoms with van der Waals surface area (Å²) in [5, 5.41) is 20.8. The molecule has 7 heteroatoms. The Kier molecular flexibility index (Phi) is 4.95. The molecule has 0 spiro atoms. The Morgan fingerprint density at radius 3 is 2.52 bits per heavy atom. The predicted octanol–water partition coefficient (Wildman–Crippen LogP) is 1.80. The molecule has 0 aliphatic carbocycles. The number of halogens is 2. The second-order valence-corrected chi connectivity index (χ2v) is 5.15. The monoisotopic (exact) mass is 299 g/mol. The lowest BCUT2D eigenvalue weighted by Gasteiger charge is -2.31. The van der Waals surface area contributed by atoms with Gasteiger partial charge in [-0.2, -0.15) is 0 Å². The van der Waals surface area contributed by atoms with Gasteiger partial charge >= 0.3 is 0 Å². The number of rotatable bonds is 3. The fourth-order valence-corrected chi connectivity index (χ4v) is 2.71. The average Bonchev–Trinajstić information content (AvgIpc) is 2.71. The van der Waals surface area contributed by atoms with E-state index in [1.54, 1.807) is 4.90 Å². The van der Waals surface area contributed by atoms with Crippen LogP contribution in [0.1, 0.15) is 31.2 Å². The van der Waals surface area contributed by atoms with E-state index >= 15 is 0 Å². The van der Waals surface area contributed by atoms with Crippen LogP contribution in [-0.4, -0.2) is 35.3 Å². The van der Waals surface area contributed by atoms with E-state index in [1.807, 2.05) is 0 Å². The highest BCUT2D eigenvalue weighted by Crippen LogP contribution is 2.30. The van der Waals surface area contributed by atoms with Crippen LogP contribution in [0.25, 0.3) is 0 Å². The van der Waals surface area contributed by atoms with Crippen molar-refractivity contribution < 1.29 is 19.1 Å². The number of anilines is 1. The molecule has 1 unspecified atom stereocenters. The van der Waals surface area contributed by atoms with Gasteiger partial charge in [-0.25, -0.2) is 8.78 Å². The number of amidine groups is 1. The van der Waals surface area contributed by atoms with E-state index in [0.717, 1.165) is 31.4 Å². The van der Waals surface area contributed by atoms with Crippen molar-refractivity contribution in [3.05, 3.63) is 29.3 Å². The summed E-state index contributed by atoms with van der Waals surface area (Å²) in [5.41, 5.74) is 5.17. The minimum Gasteiger partial charge on any atom is -0.409 e. The highest BCUT2D eigenvalue weighted by atomic mass is 19.1. The number of nitrogens with two attached hydrogens (primary N) is 1. The Labute approximate surface area is 121 Å². The lowest BCUT2D eigenvalue weighted by Crippen LogP contribution is -2.38. The molecule has 4 N–H and O–H groups in total. The fourth-order valence-electron chi connectivity index (χ4n) is 2.71. The van der Waals surface area contributed by atoms with Gasteiger partial charge in [-0.05, 0) is 25.0 Å². The molecule has 1 heterocycles. The van der Waals surface area contributed by atoms with Crippen LogP contribution in [0.3, 0.4) is 0 Å². The molecule has 0 bridgehead atoms. The third-order valence-corrected chi connectivity index (χ3v) is 3.80. The number of aliphatic hydroxyl groups is 1. The molecule has 1 saturated heterocycles. The quantitative estimate of drug-likeness (QED) is 0.344. The van der Waals surface area contributed by atoms with Crippen molar-refractivity contribution >= 4 is 11.5 Å². The molecule has 1 aliphatic heterocycles. The summed E-state index contributed by atoms with van der Waals surface area (Å²) in [6.07, 6.45) is 3.40. The average molecular weight is 299 g/mol. The zero-order valence-corrected chi connectivity index (χ0v) is 11.6. The number of aliphatic hydroxyl groups excluding tert-OH is 1. The molecular weight excluding hydrogens is 280 g/mol. The van der Waals surface area contributed by atoms with E-state index < -0.39 is 11.6 Å². The molecule has 116 valence electrons. The first-order chi connectivity index (χ1) is 10.1. The van der Waals surface area contributed by atoms with Gasteiger partial charge in [-0.1, -0.05) is 18.0 Å². The SMILES string of the molecule is N/C(=N/O)c1cc(F)c(N2CCCCCC2CO)c(F)c1. The van der Waals surface area contributed by atoms with Crippen LogP contribution in [0.15, 0.2) is 17.3 Å². The Morgan fingerprint density at radius 2 is 1.95 bits per heavy atom. The molecule has 0 amide bonds. The molecule has 21 heavy (non-hydrogen) atoms. The Bertz CT molecular complexity index is 514. The van der Waals surface area contributed by atoms with Gasteiger partial charge in [-0.3, -0.25) is 0 Å². The van der Waals surface area contributed by atoms with Crippen molar-refractivity contribution in [3.8, 4) is 0 Å². The summed E-state index contributed by atoms with van der Waals surface area (Å²) in [5.74, 6) is -1.91. The second-order valence-electron chi connectivity index (χ2n) is 5.15. The fraction of sp³-hybridized carbons (Fsp3) is 0.500. The summed E-state index contributed by atoms with van der Waals surface area (Å²) in [7, 11) is 0. The van der Waals surface area contributed by atoms with E-state index in [2.05, 4.69) is 5.16 Å². The summed E-state index contributed by atoms with van der Waals surface area (Å²) >= 11 is 0. The molecule has 1 aromatic carbocycles. The van der Waals surface area contributed by atoms with Gasteiger partial charge in [-0.15, -0.1) is 0 Å². The minimum atomic E-state index is -0.781. The number of nitrogens with zero attached hydrogens (tertiary/aromatic N) is 2. The predicted molar refractivity (Wildman–Crippen MR) is 75.6 cm³/mol. The zero-order valence-electron chi connectivity index (χ0n) is 11.6. The van der Waals surface area contributed by atoms with E-state index in [4.69, 9.17) is 10.9 Å². The second kappa shape index (κ2) is 6.71. The highest BCUT2D eigenvalue weighted by molar-refractivity contribution is 5.97. The maximum atomic E-state index is 14.3. The lowest BCUT2D eigenvalue weighted by atomic mass is 10.1. The van der Waals surface area contributed by atoms with Crippen LogP contribution in [0.4, 0.5) is 14.5 Å². The van der Waals surface area contributed by atoms with Gasteiger partial charge in [0.15, 0.2) is 5.84 Å². The van der Waals surface area contributed by atoms with Crippen LogP contribution in [0.2, 0.25) is 0 Å². The van der Waals surface area contributed by atoms with E-state index in [0.29, 0.717) is 13.0 Å². The topological polar surface area (TPSA) is 82.1 Å². The summed E-state index contributed by atoms with van der Waals surface area (Å²) < 4.78 is 28.6. The molecule has 1 aromatic rings. The van der Waals surface area contributed by atoms with Crippen molar-refractivity contribution in [2.45, 2.75) is 31.7 Å². The lowest BCUT2D eigenvalue weighted by molar-refractivity contribution is 0.254. The van der Waals surface area contributed by atoms with E-state index in [1.165, 1.54) is 0 Å². The zero-order chi connectivity index (χ0) is 15.4. The van der Waals surface area contributed by atoms with Crippen molar-refractivity contribution in [1.82, 2.24) is 0 Å². The van der Waals surface area contributed by atoms with Crippen molar-refractivity contribution in [2.75, 3.05) is 18.1 Å². The number of hydrogen-bond acceptors (Lipinski definition) is 4. The maximum Gasteiger partial charge on any atom is 0.170 e. The van der Waals surface area contributed by atoms with Gasteiger partial charge in [0.2, 0.25) is 0 Å². The molecule has 2 rings (SSSR count). The Balaban J connectivity index is 2.42. The highest BCUT2D eigenvalue weighted by Gasteiger charge is 2.26. The molecule has 0 saturated carbocycles. The van der Waals surface area contributed by atoms with Crippen LogP contribution in [0.5, 0.6) is 0 Å². The Hall–Kier alpha value is -1.89. The third-order valence-electron chi connectivity index (χ3n) is 3.80. The van der Waals surface area contributed by atoms with Gasteiger partial charge in [0.1, 0.15) is 17.3 Å². The van der Waals surface area contributed by atoms with Crippen molar-refractivity contribution in [3.63, 3.8) is 0 Å². The largest absolute Gasteiger partial charge is 0.409 e. The molecule has 1 atom stereocenters. The van der Waals surface area contributed by atoms with Crippen LogP contribution < -0.4 is 10.6 Å². The number of benzene rings is 1. The van der Waals surface area contributed by atoms with Gasteiger partial charge in [0.25, 0.3) is 0 Å². The van der Waals surface area contributed by atoms with Gasteiger partial charge in [0.05, 0.1) is 12.6 Å². The third kappa shape index (κ3) is 3.24.